The summed E-state index contributed by atoms with van der Waals surface area (Å²) in [5.41, 5.74) is 2.64. The van der Waals surface area contributed by atoms with E-state index in [1.165, 1.54) is 16.5 Å². The molecule has 1 aromatic carbocycles. The van der Waals surface area contributed by atoms with Gasteiger partial charge in [0, 0.05) is 49.9 Å². The summed E-state index contributed by atoms with van der Waals surface area (Å²) in [6, 6.07) is 9.18. The van der Waals surface area contributed by atoms with Gasteiger partial charge in [-0.1, -0.05) is 12.1 Å². The summed E-state index contributed by atoms with van der Waals surface area (Å²) < 4.78 is 8.27. The van der Waals surface area contributed by atoms with Crippen molar-refractivity contribution in [3.63, 3.8) is 0 Å². The fourth-order valence-corrected chi connectivity index (χ4v) is 4.88. The zero-order valence-corrected chi connectivity index (χ0v) is 14.7. The molecule has 2 fully saturated rings. The van der Waals surface area contributed by atoms with Gasteiger partial charge >= 0.3 is 0 Å². The Labute approximate surface area is 144 Å². The van der Waals surface area contributed by atoms with Gasteiger partial charge in [-0.25, -0.2) is 0 Å². The Balaban J connectivity index is 1.63. The molecule has 1 N–H and O–H groups in total. The maximum Gasteiger partial charge on any atom is 0.0847 e. The summed E-state index contributed by atoms with van der Waals surface area (Å²) in [6.07, 6.45) is 5.75. The molecule has 0 spiro atoms. The minimum absolute atomic E-state index is 0.0531. The normalized spacial score (nSPS) is 30.8. The second-order valence-electron chi connectivity index (χ2n) is 7.39. The summed E-state index contributed by atoms with van der Waals surface area (Å²) >= 11 is 0. The Hall–Kier alpha value is -1.36. The predicted octanol–water partition coefficient (Wildman–Crippen LogP) is 3.17. The summed E-state index contributed by atoms with van der Waals surface area (Å²) in [5.74, 6) is 0. The van der Waals surface area contributed by atoms with Gasteiger partial charge in [-0.05, 0) is 50.3 Å². The minimum Gasteiger partial charge on any atom is -0.393 e. The highest BCUT2D eigenvalue weighted by Crippen LogP contribution is 2.43. The van der Waals surface area contributed by atoms with E-state index in [2.05, 4.69) is 46.9 Å². The molecule has 1 aliphatic carbocycles. The van der Waals surface area contributed by atoms with Gasteiger partial charge in [-0.15, -0.1) is 0 Å². The predicted molar refractivity (Wildman–Crippen MR) is 96.0 cm³/mol. The Morgan fingerprint density at radius 2 is 2.17 bits per heavy atom. The summed E-state index contributed by atoms with van der Waals surface area (Å²) in [6.45, 7) is 5.17. The van der Waals surface area contributed by atoms with E-state index in [1.807, 2.05) is 7.11 Å². The average molecular weight is 328 g/mol. The van der Waals surface area contributed by atoms with Crippen molar-refractivity contribution in [3.8, 4) is 0 Å². The minimum atomic E-state index is -0.184. The van der Waals surface area contributed by atoms with Crippen LogP contribution in [0.5, 0.6) is 0 Å². The third-order valence-electron chi connectivity index (χ3n) is 6.29. The van der Waals surface area contributed by atoms with Gasteiger partial charge in [-0.2, -0.15) is 0 Å². The number of aliphatic hydroxyl groups excluding tert-OH is 1. The van der Waals surface area contributed by atoms with Gasteiger partial charge in [0.15, 0.2) is 0 Å². The van der Waals surface area contributed by atoms with E-state index >= 15 is 0 Å². The number of likely N-dealkylation sites (tertiary alicyclic amines) is 1. The van der Waals surface area contributed by atoms with E-state index in [0.29, 0.717) is 6.04 Å². The van der Waals surface area contributed by atoms with Crippen LogP contribution in [0.15, 0.2) is 30.5 Å². The van der Waals surface area contributed by atoms with Crippen LogP contribution in [0.2, 0.25) is 0 Å². The Bertz CT molecular complexity index is 725. The topological polar surface area (TPSA) is 37.6 Å². The highest BCUT2D eigenvalue weighted by atomic mass is 16.5. The quantitative estimate of drug-likeness (QED) is 0.937. The zero-order chi connectivity index (χ0) is 16.7. The van der Waals surface area contributed by atoms with E-state index < -0.39 is 0 Å². The van der Waals surface area contributed by atoms with E-state index in [1.54, 1.807) is 0 Å². The lowest BCUT2D eigenvalue weighted by atomic mass is 9.79. The van der Waals surface area contributed by atoms with Crippen LogP contribution in [0.25, 0.3) is 10.9 Å². The van der Waals surface area contributed by atoms with Crippen molar-refractivity contribution in [1.29, 1.82) is 0 Å². The molecule has 2 aromatic rings. The number of aromatic nitrogens is 1. The fourth-order valence-electron chi connectivity index (χ4n) is 4.88. The van der Waals surface area contributed by atoms with Gasteiger partial charge in [0.25, 0.3) is 0 Å². The molecule has 24 heavy (non-hydrogen) atoms. The number of aryl methyl sites for hydroxylation is 1. The smallest absolute Gasteiger partial charge is 0.0847 e. The summed E-state index contributed by atoms with van der Waals surface area (Å²) in [5, 5.41) is 11.5. The zero-order valence-electron chi connectivity index (χ0n) is 14.7. The van der Waals surface area contributed by atoms with Gasteiger partial charge in [0.05, 0.1) is 11.7 Å². The summed E-state index contributed by atoms with van der Waals surface area (Å²) in [4.78, 5) is 2.53. The second-order valence-corrected chi connectivity index (χ2v) is 7.39. The molecule has 3 atom stereocenters. The monoisotopic (exact) mass is 328 g/mol. The number of aliphatic hydroxyl groups is 1. The first-order valence-electron chi connectivity index (χ1n) is 9.21. The van der Waals surface area contributed by atoms with Crippen LogP contribution in [-0.2, 0) is 17.8 Å². The molecule has 4 heteroatoms. The molecule has 0 bridgehead atoms. The summed E-state index contributed by atoms with van der Waals surface area (Å²) in [7, 11) is 1.84. The number of ether oxygens (including phenoxy) is 1. The first-order chi connectivity index (χ1) is 11.7. The van der Waals surface area contributed by atoms with Crippen molar-refractivity contribution < 1.29 is 9.84 Å². The van der Waals surface area contributed by atoms with Gasteiger partial charge in [0.1, 0.15) is 0 Å². The van der Waals surface area contributed by atoms with E-state index in [9.17, 15) is 5.11 Å². The number of hydrogen-bond donors (Lipinski definition) is 1. The standard InChI is InChI=1S/C20H28N2O2/c1-3-21-11-8-17-15(5-4-6-18(17)21)14-22-12-10-20(24-2)9-7-16(23)13-19(20)22/h4-6,8,11,16,19,23H,3,7,9-10,12-14H2,1-2H3/t16-,19+,20-/m1/s1. The van der Waals surface area contributed by atoms with Crippen LogP contribution < -0.4 is 0 Å². The molecule has 1 aromatic heterocycles. The largest absolute Gasteiger partial charge is 0.393 e. The Morgan fingerprint density at radius 1 is 1.29 bits per heavy atom. The van der Waals surface area contributed by atoms with Crippen LogP contribution in [-0.4, -0.2) is 46.0 Å². The van der Waals surface area contributed by atoms with Crippen molar-refractivity contribution in [2.75, 3.05) is 13.7 Å². The lowest BCUT2D eigenvalue weighted by Crippen LogP contribution is -2.51. The van der Waals surface area contributed by atoms with Crippen LogP contribution in [0.1, 0.15) is 38.2 Å². The Morgan fingerprint density at radius 3 is 2.96 bits per heavy atom. The molecule has 4 nitrogen and oxygen atoms in total. The molecule has 0 radical (unpaired) electrons. The molecule has 2 heterocycles. The average Bonchev–Trinajstić information content (AvgIpc) is 3.18. The Kier molecular flexibility index (Phi) is 4.15. The lowest BCUT2D eigenvalue weighted by molar-refractivity contribution is -0.0879. The molecule has 1 aliphatic heterocycles. The molecule has 4 rings (SSSR count). The van der Waals surface area contributed by atoms with Crippen molar-refractivity contribution in [3.05, 3.63) is 36.0 Å². The number of hydrogen-bond acceptors (Lipinski definition) is 3. The fraction of sp³-hybridized carbons (Fsp3) is 0.600. The SMILES string of the molecule is CCn1ccc2c(CN3CC[C@]4(OC)CC[C@@H](O)C[C@H]34)cccc21. The number of fused-ring (bicyclic) bond motifs is 2. The number of rotatable bonds is 4. The van der Waals surface area contributed by atoms with Gasteiger partial charge in [-0.3, -0.25) is 4.90 Å². The number of benzene rings is 1. The third-order valence-corrected chi connectivity index (χ3v) is 6.29. The van der Waals surface area contributed by atoms with Crippen molar-refractivity contribution >= 4 is 10.9 Å². The highest BCUT2D eigenvalue weighted by molar-refractivity contribution is 5.83. The van der Waals surface area contributed by atoms with E-state index in [4.69, 9.17) is 4.74 Å². The molecule has 2 aliphatic rings. The van der Waals surface area contributed by atoms with Crippen LogP contribution >= 0.6 is 0 Å². The first kappa shape index (κ1) is 16.1. The van der Waals surface area contributed by atoms with Gasteiger partial charge in [0.2, 0.25) is 0 Å². The lowest BCUT2D eigenvalue weighted by Gasteiger charge is -2.42. The van der Waals surface area contributed by atoms with Crippen LogP contribution in [0.3, 0.4) is 0 Å². The number of nitrogens with zero attached hydrogens (tertiary/aromatic N) is 2. The van der Waals surface area contributed by atoms with E-state index in [0.717, 1.165) is 45.3 Å². The van der Waals surface area contributed by atoms with Crippen LogP contribution in [0.4, 0.5) is 0 Å². The second kappa shape index (κ2) is 6.17. The number of methoxy groups -OCH3 is 1. The van der Waals surface area contributed by atoms with Crippen LogP contribution in [0, 0.1) is 0 Å². The highest BCUT2D eigenvalue weighted by Gasteiger charge is 2.50. The molecule has 0 amide bonds. The molecule has 130 valence electrons. The molecular formula is C20H28N2O2. The maximum absolute atomic E-state index is 10.2. The molecular weight excluding hydrogens is 300 g/mol. The first-order valence-corrected chi connectivity index (χ1v) is 9.21. The van der Waals surface area contributed by atoms with Gasteiger partial charge < -0.3 is 14.4 Å². The molecule has 0 unspecified atom stereocenters. The third kappa shape index (κ3) is 2.48. The molecule has 1 saturated heterocycles. The van der Waals surface area contributed by atoms with Crippen molar-refractivity contribution in [2.45, 2.75) is 63.4 Å². The molecule has 1 saturated carbocycles. The maximum atomic E-state index is 10.2. The van der Waals surface area contributed by atoms with Crippen molar-refractivity contribution in [1.82, 2.24) is 9.47 Å². The van der Waals surface area contributed by atoms with E-state index in [-0.39, 0.29) is 11.7 Å². The van der Waals surface area contributed by atoms with Crippen molar-refractivity contribution in [2.24, 2.45) is 0 Å².